The number of aliphatic carboxylic acids is 1. The first-order valence-corrected chi connectivity index (χ1v) is 10.8. The predicted molar refractivity (Wildman–Crippen MR) is 88.6 cm³/mol. The van der Waals surface area contributed by atoms with Gasteiger partial charge in [0.1, 0.15) is 5.82 Å². The average molecular weight is 394 g/mol. The third-order valence-electron chi connectivity index (χ3n) is 4.02. The molecule has 140 valence electrons. The molecule has 2 N–H and O–H groups in total. The Morgan fingerprint density at radius 1 is 1.28 bits per heavy atom. The van der Waals surface area contributed by atoms with Crippen molar-refractivity contribution >= 4 is 31.7 Å². The molecule has 25 heavy (non-hydrogen) atoms. The number of sulfonamides is 2. The van der Waals surface area contributed by atoms with Crippen molar-refractivity contribution in [2.45, 2.75) is 30.7 Å². The molecule has 1 aromatic carbocycles. The van der Waals surface area contributed by atoms with Crippen molar-refractivity contribution in [2.75, 3.05) is 17.5 Å². The predicted octanol–water partition coefficient (Wildman–Crippen LogP) is 1.07. The SMILES string of the molecule is CC1CCC(C(=O)O)CN1S(=O)(=O)c1ccc(NS(C)(=O)=O)c(F)c1. The molecule has 0 saturated carbocycles. The average Bonchev–Trinajstić information content (AvgIpc) is 2.47. The monoisotopic (exact) mass is 394 g/mol. The van der Waals surface area contributed by atoms with Crippen LogP contribution in [0.1, 0.15) is 19.8 Å². The highest BCUT2D eigenvalue weighted by Crippen LogP contribution is 2.29. The van der Waals surface area contributed by atoms with Gasteiger partial charge in [-0.15, -0.1) is 0 Å². The molecule has 1 aliphatic heterocycles. The Labute approximate surface area is 145 Å². The minimum Gasteiger partial charge on any atom is -0.481 e. The van der Waals surface area contributed by atoms with Crippen LogP contribution in [0.4, 0.5) is 10.1 Å². The van der Waals surface area contributed by atoms with Crippen molar-refractivity contribution in [1.29, 1.82) is 0 Å². The number of anilines is 1. The molecule has 8 nitrogen and oxygen atoms in total. The molecule has 2 rings (SSSR count). The molecular weight excluding hydrogens is 375 g/mol. The largest absolute Gasteiger partial charge is 0.481 e. The lowest BCUT2D eigenvalue weighted by Crippen LogP contribution is -2.47. The van der Waals surface area contributed by atoms with Crippen LogP contribution in [0.2, 0.25) is 0 Å². The highest BCUT2D eigenvalue weighted by atomic mass is 32.2. The van der Waals surface area contributed by atoms with Crippen molar-refractivity contribution < 1.29 is 31.1 Å². The maximum Gasteiger partial charge on any atom is 0.307 e. The molecule has 1 heterocycles. The fourth-order valence-electron chi connectivity index (χ4n) is 2.69. The van der Waals surface area contributed by atoms with E-state index in [0.29, 0.717) is 12.8 Å². The fraction of sp³-hybridized carbons (Fsp3) is 0.500. The summed E-state index contributed by atoms with van der Waals surface area (Å²) in [4.78, 5) is 10.8. The Hall–Kier alpha value is -1.72. The quantitative estimate of drug-likeness (QED) is 0.771. The van der Waals surface area contributed by atoms with E-state index < -0.39 is 43.8 Å². The van der Waals surface area contributed by atoms with E-state index >= 15 is 0 Å². The molecule has 1 fully saturated rings. The van der Waals surface area contributed by atoms with Crippen LogP contribution in [-0.2, 0) is 24.8 Å². The van der Waals surface area contributed by atoms with Crippen LogP contribution in [0.25, 0.3) is 0 Å². The van der Waals surface area contributed by atoms with E-state index in [1.54, 1.807) is 6.92 Å². The summed E-state index contributed by atoms with van der Waals surface area (Å²) in [6, 6.07) is 2.41. The van der Waals surface area contributed by atoms with E-state index in [-0.39, 0.29) is 17.1 Å². The van der Waals surface area contributed by atoms with Crippen molar-refractivity contribution in [3.8, 4) is 0 Å². The lowest BCUT2D eigenvalue weighted by molar-refractivity contribution is -0.143. The molecule has 0 spiro atoms. The van der Waals surface area contributed by atoms with Gasteiger partial charge < -0.3 is 5.11 Å². The van der Waals surface area contributed by atoms with E-state index in [2.05, 4.69) is 0 Å². The van der Waals surface area contributed by atoms with Crippen LogP contribution >= 0.6 is 0 Å². The van der Waals surface area contributed by atoms with Gasteiger partial charge in [-0.1, -0.05) is 0 Å². The second-order valence-corrected chi connectivity index (χ2v) is 9.69. The number of nitrogens with zero attached hydrogens (tertiary/aromatic N) is 1. The van der Waals surface area contributed by atoms with Crippen molar-refractivity contribution in [2.24, 2.45) is 5.92 Å². The molecule has 0 aromatic heterocycles. The van der Waals surface area contributed by atoms with Crippen LogP contribution in [0.5, 0.6) is 0 Å². The van der Waals surface area contributed by atoms with Gasteiger partial charge in [-0.05, 0) is 38.0 Å². The van der Waals surface area contributed by atoms with Crippen molar-refractivity contribution in [3.63, 3.8) is 0 Å². The van der Waals surface area contributed by atoms with Gasteiger partial charge in [0.05, 0.1) is 22.8 Å². The molecular formula is C14H19FN2O6S2. The number of nitrogens with one attached hydrogen (secondary N) is 1. The van der Waals surface area contributed by atoms with Crippen molar-refractivity contribution in [3.05, 3.63) is 24.0 Å². The van der Waals surface area contributed by atoms with Gasteiger partial charge >= 0.3 is 5.97 Å². The van der Waals surface area contributed by atoms with E-state index in [4.69, 9.17) is 5.11 Å². The lowest BCUT2D eigenvalue weighted by Gasteiger charge is -2.35. The zero-order chi connectivity index (χ0) is 19.0. The Morgan fingerprint density at radius 3 is 2.44 bits per heavy atom. The minimum atomic E-state index is -4.11. The van der Waals surface area contributed by atoms with Gasteiger partial charge in [0.25, 0.3) is 0 Å². The second kappa shape index (κ2) is 6.89. The summed E-state index contributed by atoms with van der Waals surface area (Å²) in [5.41, 5.74) is -0.364. The zero-order valence-electron chi connectivity index (χ0n) is 13.6. The van der Waals surface area contributed by atoms with Gasteiger partial charge in [-0.3, -0.25) is 9.52 Å². The topological polar surface area (TPSA) is 121 Å². The van der Waals surface area contributed by atoms with Gasteiger partial charge in [0, 0.05) is 12.6 Å². The van der Waals surface area contributed by atoms with Gasteiger partial charge in [0.2, 0.25) is 20.0 Å². The summed E-state index contributed by atoms with van der Waals surface area (Å²) in [5, 5.41) is 9.12. The molecule has 1 aliphatic rings. The number of carboxylic acid groups (broad SMARTS) is 1. The van der Waals surface area contributed by atoms with Crippen LogP contribution in [0.3, 0.4) is 0 Å². The fourth-order valence-corrected chi connectivity index (χ4v) is 4.97. The molecule has 0 radical (unpaired) electrons. The molecule has 1 saturated heterocycles. The first kappa shape index (κ1) is 19.6. The number of piperidine rings is 1. The van der Waals surface area contributed by atoms with E-state index in [9.17, 15) is 26.0 Å². The van der Waals surface area contributed by atoms with E-state index in [1.807, 2.05) is 4.72 Å². The summed E-state index contributed by atoms with van der Waals surface area (Å²) >= 11 is 0. The number of rotatable bonds is 5. The molecule has 0 aliphatic carbocycles. The van der Waals surface area contributed by atoms with Gasteiger partial charge in [-0.25, -0.2) is 21.2 Å². The van der Waals surface area contributed by atoms with E-state index in [0.717, 1.165) is 28.8 Å². The standard InChI is InChI=1S/C14H19FN2O6S2/c1-9-3-4-10(14(18)19)8-17(9)25(22,23)11-5-6-13(12(15)7-11)16-24(2,20)21/h5-7,9-10,16H,3-4,8H2,1-2H3,(H,18,19). The smallest absolute Gasteiger partial charge is 0.307 e. The third kappa shape index (κ3) is 4.47. The lowest BCUT2D eigenvalue weighted by atomic mass is 9.96. The minimum absolute atomic E-state index is 0.191. The summed E-state index contributed by atoms with van der Waals surface area (Å²) in [6.45, 7) is 1.47. The highest BCUT2D eigenvalue weighted by molar-refractivity contribution is 7.92. The molecule has 2 atom stereocenters. The van der Waals surface area contributed by atoms with Gasteiger partial charge in [0.15, 0.2) is 0 Å². The normalized spacial score (nSPS) is 22.5. The number of hydrogen-bond acceptors (Lipinski definition) is 5. The molecule has 0 amide bonds. The highest BCUT2D eigenvalue weighted by Gasteiger charge is 2.37. The Morgan fingerprint density at radius 2 is 1.92 bits per heavy atom. The molecule has 0 bridgehead atoms. The Balaban J connectivity index is 2.35. The maximum absolute atomic E-state index is 14.1. The second-order valence-electron chi connectivity index (χ2n) is 6.05. The third-order valence-corrected chi connectivity index (χ3v) is 6.58. The Bertz CT molecular complexity index is 885. The summed E-state index contributed by atoms with van der Waals surface area (Å²) in [7, 11) is -7.82. The van der Waals surface area contributed by atoms with Crippen LogP contribution in [0, 0.1) is 11.7 Å². The molecule has 2 unspecified atom stereocenters. The number of hydrogen-bond donors (Lipinski definition) is 2. The summed E-state index contributed by atoms with van der Waals surface area (Å²) < 4.78 is 64.9. The van der Waals surface area contributed by atoms with E-state index in [1.165, 1.54) is 0 Å². The maximum atomic E-state index is 14.1. The first-order valence-electron chi connectivity index (χ1n) is 7.44. The number of halogens is 1. The molecule has 11 heteroatoms. The zero-order valence-corrected chi connectivity index (χ0v) is 15.3. The van der Waals surface area contributed by atoms with Crippen LogP contribution in [0.15, 0.2) is 23.1 Å². The molecule has 1 aromatic rings. The van der Waals surface area contributed by atoms with Crippen LogP contribution < -0.4 is 4.72 Å². The number of carbonyl (C=O) groups is 1. The summed E-state index contributed by atoms with van der Waals surface area (Å²) in [6.07, 6.45) is 1.60. The van der Waals surface area contributed by atoms with Crippen LogP contribution in [-0.4, -0.2) is 51.1 Å². The number of benzene rings is 1. The Kier molecular flexibility index (Phi) is 5.40. The van der Waals surface area contributed by atoms with Crippen molar-refractivity contribution in [1.82, 2.24) is 4.31 Å². The first-order chi connectivity index (χ1) is 11.4. The summed E-state index contributed by atoms with van der Waals surface area (Å²) in [5.74, 6) is -2.93. The number of carboxylic acids is 1. The van der Waals surface area contributed by atoms with Gasteiger partial charge in [-0.2, -0.15) is 4.31 Å².